The van der Waals surface area contributed by atoms with Crippen molar-refractivity contribution in [1.82, 2.24) is 9.55 Å². The molecule has 0 aliphatic carbocycles. The lowest BCUT2D eigenvalue weighted by atomic mass is 10.1. The van der Waals surface area contributed by atoms with Crippen LogP contribution in [0, 0.1) is 6.92 Å². The number of esters is 1. The summed E-state index contributed by atoms with van der Waals surface area (Å²) in [6.45, 7) is 4.01. The molecule has 2 aromatic rings. The first kappa shape index (κ1) is 16.0. The van der Waals surface area contributed by atoms with Crippen molar-refractivity contribution in [2.45, 2.75) is 20.4 Å². The number of pyridine rings is 2. The van der Waals surface area contributed by atoms with Crippen LogP contribution < -0.4 is 5.56 Å². The van der Waals surface area contributed by atoms with Gasteiger partial charge in [-0.25, -0.2) is 9.78 Å². The van der Waals surface area contributed by atoms with Crippen molar-refractivity contribution in [2.75, 3.05) is 20.3 Å². The number of hydrogen-bond acceptors (Lipinski definition) is 6. The van der Waals surface area contributed by atoms with Crippen molar-refractivity contribution in [2.24, 2.45) is 0 Å². The fourth-order valence-corrected chi connectivity index (χ4v) is 2.18. The molecule has 2 heterocycles. The molecule has 1 N–H and O–H groups in total. The topological polar surface area (TPSA) is 90.7 Å². The first-order valence-corrected chi connectivity index (χ1v) is 6.90. The van der Waals surface area contributed by atoms with Crippen molar-refractivity contribution in [3.63, 3.8) is 0 Å². The maximum Gasteiger partial charge on any atom is 0.347 e. The predicted molar refractivity (Wildman–Crippen MR) is 80.2 cm³/mol. The number of aromatic nitrogens is 2. The molecular formula is C15H18N2O5. The summed E-state index contributed by atoms with van der Waals surface area (Å²) in [6.07, 6.45) is 0. The summed E-state index contributed by atoms with van der Waals surface area (Å²) < 4.78 is 11.2. The average Bonchev–Trinajstić information content (AvgIpc) is 2.47. The van der Waals surface area contributed by atoms with Gasteiger partial charge in [-0.3, -0.25) is 9.36 Å². The Bertz CT molecular complexity index is 767. The highest BCUT2D eigenvalue weighted by Gasteiger charge is 2.23. The Balaban J connectivity index is 2.79. The molecule has 2 aromatic heterocycles. The fourth-order valence-electron chi connectivity index (χ4n) is 2.18. The Morgan fingerprint density at radius 3 is 2.77 bits per heavy atom. The van der Waals surface area contributed by atoms with Crippen LogP contribution in [0.1, 0.15) is 23.0 Å². The van der Waals surface area contributed by atoms with Gasteiger partial charge in [-0.1, -0.05) is 0 Å². The highest BCUT2D eigenvalue weighted by atomic mass is 16.5. The van der Waals surface area contributed by atoms with Crippen molar-refractivity contribution in [3.8, 4) is 5.75 Å². The molecule has 0 bridgehead atoms. The third-order valence-electron chi connectivity index (χ3n) is 3.22. The number of nitrogens with zero attached hydrogens (tertiary/aromatic N) is 2. The standard InChI is InChI=1S/C15H18N2O5/c1-4-22-15(20)11-12(18)10-6-5-9(2)16-13(10)17(14(11)19)7-8-21-3/h5-6,18H,4,7-8H2,1-3H3. The molecule has 0 atom stereocenters. The molecule has 0 unspecified atom stereocenters. The first-order chi connectivity index (χ1) is 10.5. The molecule has 0 aliphatic rings. The maximum atomic E-state index is 12.5. The van der Waals surface area contributed by atoms with Crippen LogP contribution in [0.3, 0.4) is 0 Å². The molecule has 7 nitrogen and oxygen atoms in total. The zero-order valence-corrected chi connectivity index (χ0v) is 12.8. The average molecular weight is 306 g/mol. The second-order valence-electron chi connectivity index (χ2n) is 4.72. The highest BCUT2D eigenvalue weighted by Crippen LogP contribution is 2.26. The van der Waals surface area contributed by atoms with E-state index >= 15 is 0 Å². The summed E-state index contributed by atoms with van der Waals surface area (Å²) >= 11 is 0. The first-order valence-electron chi connectivity index (χ1n) is 6.90. The molecule has 118 valence electrons. The summed E-state index contributed by atoms with van der Waals surface area (Å²) in [7, 11) is 1.51. The molecular weight excluding hydrogens is 288 g/mol. The normalized spacial score (nSPS) is 10.9. The summed E-state index contributed by atoms with van der Waals surface area (Å²) in [4.78, 5) is 28.8. The van der Waals surface area contributed by atoms with Gasteiger partial charge >= 0.3 is 5.97 Å². The van der Waals surface area contributed by atoms with Gasteiger partial charge in [-0.2, -0.15) is 0 Å². The summed E-state index contributed by atoms with van der Waals surface area (Å²) in [5, 5.41) is 10.6. The van der Waals surface area contributed by atoms with Crippen LogP contribution in [-0.4, -0.2) is 41.0 Å². The van der Waals surface area contributed by atoms with E-state index in [1.165, 1.54) is 11.7 Å². The van der Waals surface area contributed by atoms with E-state index in [4.69, 9.17) is 9.47 Å². The van der Waals surface area contributed by atoms with E-state index in [0.29, 0.717) is 16.7 Å². The Morgan fingerprint density at radius 1 is 1.41 bits per heavy atom. The van der Waals surface area contributed by atoms with Gasteiger partial charge < -0.3 is 14.6 Å². The Labute approximate surface area is 127 Å². The van der Waals surface area contributed by atoms with Gasteiger partial charge in [0.15, 0.2) is 5.56 Å². The number of carbonyl (C=O) groups is 1. The predicted octanol–water partition coefficient (Wildman–Crippen LogP) is 1.23. The fraction of sp³-hybridized carbons (Fsp3) is 0.400. The van der Waals surface area contributed by atoms with Crippen molar-refractivity contribution in [3.05, 3.63) is 33.7 Å². The Kier molecular flexibility index (Phi) is 4.77. The number of hydrogen-bond donors (Lipinski definition) is 1. The summed E-state index contributed by atoms with van der Waals surface area (Å²) in [6, 6.07) is 3.32. The SMILES string of the molecule is CCOC(=O)c1c(O)c2ccc(C)nc2n(CCOC)c1=O. The van der Waals surface area contributed by atoms with E-state index in [9.17, 15) is 14.7 Å². The van der Waals surface area contributed by atoms with Crippen LogP contribution in [0.15, 0.2) is 16.9 Å². The van der Waals surface area contributed by atoms with Gasteiger partial charge in [0.25, 0.3) is 5.56 Å². The minimum absolute atomic E-state index is 0.111. The van der Waals surface area contributed by atoms with Crippen LogP contribution in [0.5, 0.6) is 5.75 Å². The summed E-state index contributed by atoms with van der Waals surface area (Å²) in [5.41, 5.74) is -0.0105. The van der Waals surface area contributed by atoms with Crippen molar-refractivity contribution >= 4 is 17.0 Å². The minimum Gasteiger partial charge on any atom is -0.506 e. The number of aryl methyl sites for hydroxylation is 1. The summed E-state index contributed by atoms with van der Waals surface area (Å²) in [5.74, 6) is -1.25. The number of ether oxygens (including phenoxy) is 2. The monoisotopic (exact) mass is 306 g/mol. The van der Waals surface area contributed by atoms with Crippen LogP contribution in [0.2, 0.25) is 0 Å². The number of fused-ring (bicyclic) bond motifs is 1. The number of carbonyl (C=O) groups excluding carboxylic acids is 1. The molecule has 2 rings (SSSR count). The molecule has 0 radical (unpaired) electrons. The molecule has 0 saturated heterocycles. The third-order valence-corrected chi connectivity index (χ3v) is 3.22. The van der Waals surface area contributed by atoms with Crippen LogP contribution >= 0.6 is 0 Å². The second-order valence-corrected chi connectivity index (χ2v) is 4.72. The molecule has 7 heteroatoms. The van der Waals surface area contributed by atoms with Crippen LogP contribution in [0.4, 0.5) is 0 Å². The molecule has 0 amide bonds. The zero-order chi connectivity index (χ0) is 16.3. The smallest absolute Gasteiger partial charge is 0.347 e. The van der Waals surface area contributed by atoms with Gasteiger partial charge in [-0.15, -0.1) is 0 Å². The van der Waals surface area contributed by atoms with E-state index < -0.39 is 17.3 Å². The van der Waals surface area contributed by atoms with Gasteiger partial charge in [0.05, 0.1) is 25.1 Å². The number of aromatic hydroxyl groups is 1. The van der Waals surface area contributed by atoms with Crippen molar-refractivity contribution in [1.29, 1.82) is 0 Å². The lowest BCUT2D eigenvalue weighted by Crippen LogP contribution is -2.29. The minimum atomic E-state index is -0.848. The van der Waals surface area contributed by atoms with E-state index in [0.717, 1.165) is 0 Å². The van der Waals surface area contributed by atoms with Gasteiger partial charge in [-0.05, 0) is 26.0 Å². The number of methoxy groups -OCH3 is 1. The Morgan fingerprint density at radius 2 is 2.14 bits per heavy atom. The molecule has 0 fully saturated rings. The quantitative estimate of drug-likeness (QED) is 0.836. The zero-order valence-electron chi connectivity index (χ0n) is 12.8. The van der Waals surface area contributed by atoms with Crippen LogP contribution in [0.25, 0.3) is 11.0 Å². The van der Waals surface area contributed by atoms with Crippen molar-refractivity contribution < 1.29 is 19.4 Å². The Hall–Kier alpha value is -2.41. The van der Waals surface area contributed by atoms with E-state index in [-0.39, 0.29) is 25.3 Å². The molecule has 0 aromatic carbocycles. The van der Waals surface area contributed by atoms with E-state index in [2.05, 4.69) is 4.98 Å². The lowest BCUT2D eigenvalue weighted by molar-refractivity contribution is 0.0520. The molecule has 0 spiro atoms. The maximum absolute atomic E-state index is 12.5. The van der Waals surface area contributed by atoms with Crippen LogP contribution in [-0.2, 0) is 16.0 Å². The lowest BCUT2D eigenvalue weighted by Gasteiger charge is -2.13. The third kappa shape index (κ3) is 2.80. The van der Waals surface area contributed by atoms with Gasteiger partial charge in [0, 0.05) is 12.8 Å². The highest BCUT2D eigenvalue weighted by molar-refractivity contribution is 5.98. The largest absolute Gasteiger partial charge is 0.506 e. The molecule has 0 saturated carbocycles. The second kappa shape index (κ2) is 6.57. The number of rotatable bonds is 5. The van der Waals surface area contributed by atoms with E-state index in [1.54, 1.807) is 26.0 Å². The van der Waals surface area contributed by atoms with E-state index in [1.807, 2.05) is 0 Å². The van der Waals surface area contributed by atoms with Gasteiger partial charge in [0.2, 0.25) is 0 Å². The molecule has 0 aliphatic heterocycles. The van der Waals surface area contributed by atoms with Gasteiger partial charge in [0.1, 0.15) is 11.4 Å². The molecule has 22 heavy (non-hydrogen) atoms.